The summed E-state index contributed by atoms with van der Waals surface area (Å²) in [5.41, 5.74) is 7.83. The summed E-state index contributed by atoms with van der Waals surface area (Å²) in [7, 11) is 1.41. The van der Waals surface area contributed by atoms with Gasteiger partial charge in [0.25, 0.3) is 0 Å². The molecule has 0 aliphatic rings. The monoisotopic (exact) mass is 1320 g/mol. The number of hydrogen-bond donors (Lipinski definition) is 1. The first-order valence-electron chi connectivity index (χ1n) is 28.4. The van der Waals surface area contributed by atoms with Gasteiger partial charge in [-0.2, -0.15) is 15.8 Å². The molecule has 16 heteroatoms. The first-order valence-corrected chi connectivity index (χ1v) is 30.0. The van der Waals surface area contributed by atoms with Crippen LogP contribution in [0.4, 0.5) is 0 Å². The number of esters is 2. The van der Waals surface area contributed by atoms with Gasteiger partial charge in [0.15, 0.2) is 0 Å². The summed E-state index contributed by atoms with van der Waals surface area (Å²) in [5.74, 6) is -1.37. The summed E-state index contributed by atoms with van der Waals surface area (Å²) < 4.78 is 10.2. The Morgan fingerprint density at radius 1 is 0.462 bits per heavy atom. The van der Waals surface area contributed by atoms with Crippen LogP contribution in [0.5, 0.6) is 0 Å². The van der Waals surface area contributed by atoms with Gasteiger partial charge in [-0.25, -0.2) is 0 Å². The van der Waals surface area contributed by atoms with Crippen molar-refractivity contribution in [3.8, 4) is 51.6 Å². The number of carboxylic acids is 1. The number of carbonyl (C=O) groups excluding carboxylic acids is 2. The first-order chi connectivity index (χ1) is 42.7. The molecule has 0 spiro atoms. The van der Waals surface area contributed by atoms with E-state index in [0.717, 1.165) is 114 Å². The fourth-order valence-corrected chi connectivity index (χ4v) is 11.1. The van der Waals surface area contributed by atoms with E-state index >= 15 is 0 Å². The summed E-state index contributed by atoms with van der Waals surface area (Å²) in [4.78, 5) is 48.0. The maximum absolute atomic E-state index is 12.3. The average Bonchev–Trinajstić information content (AvgIpc) is 0.793. The molecule has 12 aromatic rings. The van der Waals surface area contributed by atoms with Crippen LogP contribution in [0, 0.1) is 34.0 Å². The Hall–Kier alpha value is -9.61. The zero-order valence-corrected chi connectivity index (χ0v) is 54.8. The van der Waals surface area contributed by atoms with E-state index in [2.05, 4.69) is 83.2 Å². The fraction of sp³-hybridized carbons (Fsp3) is 0.160. The van der Waals surface area contributed by atoms with E-state index in [0.29, 0.717) is 23.3 Å². The molecule has 448 valence electrons. The van der Waals surface area contributed by atoms with Crippen molar-refractivity contribution in [1.82, 2.24) is 15.0 Å². The second-order valence-electron chi connectivity index (χ2n) is 22.5. The number of methoxy groups -OCH3 is 1. The molecule has 0 bridgehead atoms. The van der Waals surface area contributed by atoms with Gasteiger partial charge in [0.2, 0.25) is 0 Å². The smallest absolute Gasteiger partial charge is 0.870 e. The van der Waals surface area contributed by atoms with E-state index in [1.807, 2.05) is 184 Å². The van der Waals surface area contributed by atoms with Gasteiger partial charge in [0, 0.05) is 90.7 Å². The van der Waals surface area contributed by atoms with Crippen LogP contribution in [0.3, 0.4) is 0 Å². The Morgan fingerprint density at radius 2 is 0.802 bits per heavy atom. The molecule has 0 radical (unpaired) electrons. The summed E-state index contributed by atoms with van der Waals surface area (Å²) in [6, 6.07) is 59.8. The van der Waals surface area contributed by atoms with Gasteiger partial charge in [0.1, 0.15) is 4.32 Å². The number of ether oxygens (including phenoxy) is 2. The van der Waals surface area contributed by atoms with Crippen LogP contribution in [-0.4, -0.2) is 61.5 Å². The number of benzene rings is 9. The van der Waals surface area contributed by atoms with Crippen LogP contribution >= 0.6 is 31.9 Å². The van der Waals surface area contributed by atoms with Gasteiger partial charge in [-0.3, -0.25) is 29.3 Å². The predicted molar refractivity (Wildman–Crippen MR) is 363 cm³/mol. The second-order valence-corrected chi connectivity index (χ2v) is 25.4. The standard InChI is InChI=1S/C25H20N2O2.C24H18N2O2.C20H11BrN2.C6H11BrO2.Li.H2O/c1-25(2,24(28)29-3)18-10-8-17-14-27-15-23(22(17)12-18)21-11-9-16(13-26)19-6-4-5-7-20(19)21;1-24(2,23(27)28)17-9-7-16-13-26-14-22(21(16)11-17)20-10-8-15(12-25)18-5-3-4-6-19(18)20;21-15-7-5-14-11-23-12-20(19(14)9-15)18-8-6-13(10-22)16-3-1-2-4-17(16)18;1-4-9-5(8)6(2,3)7;;/h4-12,14-15H,1-3H3;3-11,13-14H,1-2H3,(H,27,28);1-9,11-12H;4H2,1-3H3;;1H2/q;;;;+1;/p-1. The molecule has 0 atom stereocenters. The second kappa shape index (κ2) is 29.3. The van der Waals surface area contributed by atoms with Gasteiger partial charge < -0.3 is 20.1 Å². The minimum Gasteiger partial charge on any atom is -0.870 e. The van der Waals surface area contributed by atoms with Crippen LogP contribution in [0.15, 0.2) is 205 Å². The molecule has 0 aliphatic heterocycles. The van der Waals surface area contributed by atoms with Crippen molar-refractivity contribution in [1.29, 1.82) is 15.8 Å². The number of nitrogens with zero attached hydrogens (tertiary/aromatic N) is 6. The molecular weight excluding hydrogens is 1260 g/mol. The van der Waals surface area contributed by atoms with Gasteiger partial charge in [-0.05, 0) is 151 Å². The number of alkyl halides is 1. The Bertz CT molecular complexity index is 4890. The molecule has 3 heterocycles. The summed E-state index contributed by atoms with van der Waals surface area (Å²) in [6.07, 6.45) is 11.0. The Morgan fingerprint density at radius 3 is 1.12 bits per heavy atom. The van der Waals surface area contributed by atoms with Crippen LogP contribution in [0.2, 0.25) is 0 Å². The third kappa shape index (κ3) is 14.5. The van der Waals surface area contributed by atoms with Crippen LogP contribution in [-0.2, 0) is 34.7 Å². The zero-order chi connectivity index (χ0) is 63.8. The molecule has 0 amide bonds. The number of carboxylic acid groups (broad SMARTS) is 1. The first kappa shape index (κ1) is 68.9. The normalized spacial score (nSPS) is 11.0. The summed E-state index contributed by atoms with van der Waals surface area (Å²) in [6.45, 7) is 12.9. The molecule has 0 saturated heterocycles. The third-order valence-corrected chi connectivity index (χ3v) is 16.5. The summed E-state index contributed by atoms with van der Waals surface area (Å²) >= 11 is 6.72. The van der Waals surface area contributed by atoms with Gasteiger partial charge in [-0.1, -0.05) is 153 Å². The number of carbonyl (C=O) groups is 3. The number of halogens is 2. The molecule has 91 heavy (non-hydrogen) atoms. The topological polar surface area (TPSA) is 230 Å². The number of nitriles is 3. The zero-order valence-electron chi connectivity index (χ0n) is 51.6. The van der Waals surface area contributed by atoms with Crippen LogP contribution in [0.1, 0.15) is 76.3 Å². The fourth-order valence-electron chi connectivity index (χ4n) is 10.6. The molecule has 13 nitrogen and oxygen atoms in total. The molecule has 0 fully saturated rings. The number of fused-ring (bicyclic) bond motifs is 6. The largest absolute Gasteiger partial charge is 1.00 e. The molecule has 2 N–H and O–H groups in total. The number of aromatic nitrogens is 3. The number of hydrogen-bond acceptors (Lipinski definition) is 12. The number of aliphatic carboxylic acids is 1. The van der Waals surface area contributed by atoms with Crippen molar-refractivity contribution in [2.24, 2.45) is 0 Å². The van der Waals surface area contributed by atoms with Crippen molar-refractivity contribution >= 4 is 114 Å². The molecule has 0 aliphatic carbocycles. The third-order valence-electron chi connectivity index (χ3n) is 15.7. The minimum absolute atomic E-state index is 0. The number of pyridine rings is 3. The molecule has 0 unspecified atom stereocenters. The molecule has 9 aromatic carbocycles. The molecule has 0 saturated carbocycles. The molecule has 3 aromatic heterocycles. The SMILES string of the molecule is CC(C)(C(=O)O)c1ccc2cncc(-c3ccc(C#N)c4ccccc34)c2c1.CCOC(=O)C(C)(C)Br.COC(=O)C(C)(C)c1ccc2cncc(-c3ccc(C#N)c4ccccc34)c2c1.N#Cc1ccc(-c2cncc3ccc(Br)cc23)c2ccccc12.[Li+].[OH-]. The van der Waals surface area contributed by atoms with E-state index < -0.39 is 21.1 Å². The molecule has 12 rings (SSSR count). The Kier molecular flexibility index (Phi) is 22.2. The Balaban J connectivity index is 0.000000180. The van der Waals surface area contributed by atoms with Crippen molar-refractivity contribution in [2.75, 3.05) is 13.7 Å². The summed E-state index contributed by atoms with van der Waals surface area (Å²) in [5, 5.41) is 49.8. The van der Waals surface area contributed by atoms with Gasteiger partial charge in [0.05, 0.1) is 59.4 Å². The van der Waals surface area contributed by atoms with E-state index in [-0.39, 0.29) is 36.3 Å². The van der Waals surface area contributed by atoms with Crippen molar-refractivity contribution in [2.45, 2.75) is 63.6 Å². The quantitative estimate of drug-likeness (QED) is 0.0806. The van der Waals surface area contributed by atoms with E-state index in [4.69, 9.17) is 9.47 Å². The average molecular weight is 1330 g/mol. The van der Waals surface area contributed by atoms with Gasteiger partial charge >= 0.3 is 36.8 Å². The van der Waals surface area contributed by atoms with E-state index in [9.17, 15) is 35.3 Å². The van der Waals surface area contributed by atoms with Crippen molar-refractivity contribution in [3.05, 3.63) is 233 Å². The van der Waals surface area contributed by atoms with Crippen molar-refractivity contribution in [3.63, 3.8) is 0 Å². The Labute approximate surface area is 556 Å². The minimum atomic E-state index is -0.999. The number of rotatable bonds is 9. The van der Waals surface area contributed by atoms with E-state index in [1.54, 1.807) is 47.0 Å². The predicted octanol–water partition coefficient (Wildman–Crippen LogP) is 14.9. The maximum Gasteiger partial charge on any atom is 1.00 e. The van der Waals surface area contributed by atoms with Crippen LogP contribution < -0.4 is 18.9 Å². The molecular formula is C75H61Br2LiN6O7. The maximum atomic E-state index is 12.3. The van der Waals surface area contributed by atoms with Crippen LogP contribution in [0.25, 0.3) is 98.0 Å². The van der Waals surface area contributed by atoms with Gasteiger partial charge in [-0.15, -0.1) is 0 Å². The van der Waals surface area contributed by atoms with E-state index in [1.165, 1.54) is 7.11 Å². The van der Waals surface area contributed by atoms with Crippen molar-refractivity contribution < 1.29 is 53.3 Å².